The first-order valence-corrected chi connectivity index (χ1v) is 7.45. The number of thioether (sulfide) groups is 1. The third-order valence-corrected chi connectivity index (χ3v) is 5.14. The summed E-state index contributed by atoms with van der Waals surface area (Å²) in [5.74, 6) is 1.19. The van der Waals surface area contributed by atoms with Crippen LogP contribution >= 0.6 is 35.8 Å². The number of rotatable bonds is 0. The lowest BCUT2D eigenvalue weighted by molar-refractivity contribution is 0.309. The number of fused-ring (bicyclic) bond motifs is 5. The topological polar surface area (TPSA) is 15.6 Å². The van der Waals surface area contributed by atoms with E-state index in [1.165, 1.54) is 28.5 Å². The van der Waals surface area contributed by atoms with Gasteiger partial charge in [-0.15, -0.1) is 12.4 Å². The Kier molecular flexibility index (Phi) is 3.25. The fourth-order valence-electron chi connectivity index (χ4n) is 3.18. The minimum atomic E-state index is 0. The van der Waals surface area contributed by atoms with E-state index in [-0.39, 0.29) is 12.4 Å². The van der Waals surface area contributed by atoms with E-state index in [4.69, 9.17) is 16.6 Å². The van der Waals surface area contributed by atoms with Gasteiger partial charge < -0.3 is 4.90 Å². The number of amidine groups is 1. The zero-order valence-electron chi connectivity index (χ0n) is 9.80. The summed E-state index contributed by atoms with van der Waals surface area (Å²) in [7, 11) is 0. The molecule has 1 aromatic carbocycles. The van der Waals surface area contributed by atoms with Crippen molar-refractivity contribution in [1.82, 2.24) is 4.90 Å². The van der Waals surface area contributed by atoms with Crippen molar-refractivity contribution in [3.05, 3.63) is 34.3 Å². The molecule has 1 aliphatic carbocycles. The molecule has 3 aliphatic rings. The van der Waals surface area contributed by atoms with E-state index >= 15 is 0 Å². The maximum Gasteiger partial charge on any atom is 0.160 e. The predicted molar refractivity (Wildman–Crippen MR) is 80.1 cm³/mol. The van der Waals surface area contributed by atoms with Gasteiger partial charge in [0.25, 0.3) is 0 Å². The molecule has 2 atom stereocenters. The van der Waals surface area contributed by atoms with Gasteiger partial charge in [0.15, 0.2) is 5.17 Å². The summed E-state index contributed by atoms with van der Waals surface area (Å²) in [5, 5.41) is 2.12. The fourth-order valence-corrected chi connectivity index (χ4v) is 4.43. The second kappa shape index (κ2) is 4.62. The van der Waals surface area contributed by atoms with Gasteiger partial charge in [0, 0.05) is 17.3 Å². The molecule has 0 aromatic heterocycles. The van der Waals surface area contributed by atoms with Crippen LogP contribution in [0.5, 0.6) is 0 Å². The highest BCUT2D eigenvalue weighted by Gasteiger charge is 2.42. The lowest BCUT2D eigenvalue weighted by atomic mass is 9.84. The number of benzene rings is 1. The molecule has 96 valence electrons. The number of hydrogen-bond acceptors (Lipinski definition) is 3. The van der Waals surface area contributed by atoms with Crippen molar-refractivity contribution < 1.29 is 0 Å². The number of halogens is 2. The van der Waals surface area contributed by atoms with Gasteiger partial charge >= 0.3 is 0 Å². The Morgan fingerprint density at radius 1 is 1.39 bits per heavy atom. The number of aliphatic imine (C=N–C) groups is 1. The van der Waals surface area contributed by atoms with Gasteiger partial charge in [0.1, 0.15) is 0 Å². The van der Waals surface area contributed by atoms with Crippen LogP contribution in [0.3, 0.4) is 0 Å². The van der Waals surface area contributed by atoms with E-state index in [2.05, 4.69) is 17.0 Å². The molecule has 4 rings (SSSR count). The summed E-state index contributed by atoms with van der Waals surface area (Å²) in [4.78, 5) is 7.35. The van der Waals surface area contributed by atoms with Gasteiger partial charge in [0.05, 0.1) is 12.1 Å². The zero-order valence-corrected chi connectivity index (χ0v) is 12.2. The maximum atomic E-state index is 6.08. The first-order chi connectivity index (χ1) is 8.33. The molecule has 0 N–H and O–H groups in total. The van der Waals surface area contributed by atoms with Crippen LogP contribution in [-0.4, -0.2) is 28.4 Å². The molecule has 0 amide bonds. The van der Waals surface area contributed by atoms with E-state index in [1.54, 1.807) is 0 Å². The van der Waals surface area contributed by atoms with Gasteiger partial charge in [-0.05, 0) is 36.1 Å². The average molecular weight is 301 g/mol. The largest absolute Gasteiger partial charge is 0.341 e. The smallest absolute Gasteiger partial charge is 0.160 e. The Morgan fingerprint density at radius 2 is 2.28 bits per heavy atom. The Hall–Kier alpha value is -0.380. The van der Waals surface area contributed by atoms with Crippen LogP contribution in [0, 0.1) is 0 Å². The van der Waals surface area contributed by atoms with E-state index in [1.807, 2.05) is 17.8 Å². The highest BCUT2D eigenvalue weighted by molar-refractivity contribution is 8.14. The van der Waals surface area contributed by atoms with Crippen LogP contribution in [0.1, 0.15) is 23.6 Å². The minimum Gasteiger partial charge on any atom is -0.341 e. The normalized spacial score (nSPS) is 28.1. The number of hydrogen-bond donors (Lipinski definition) is 0. The van der Waals surface area contributed by atoms with Gasteiger partial charge in [0.2, 0.25) is 0 Å². The average Bonchev–Trinajstić information content (AvgIpc) is 2.88. The summed E-state index contributed by atoms with van der Waals surface area (Å²) < 4.78 is 0. The van der Waals surface area contributed by atoms with E-state index < -0.39 is 0 Å². The molecule has 1 aromatic rings. The first kappa shape index (κ1) is 12.6. The molecular weight excluding hydrogens is 287 g/mol. The molecule has 5 heteroatoms. The predicted octanol–water partition coefficient (Wildman–Crippen LogP) is 3.54. The maximum absolute atomic E-state index is 6.08. The van der Waals surface area contributed by atoms with Crippen molar-refractivity contribution in [3.63, 3.8) is 0 Å². The van der Waals surface area contributed by atoms with Crippen LogP contribution in [0.2, 0.25) is 5.02 Å². The van der Waals surface area contributed by atoms with Crippen LogP contribution in [-0.2, 0) is 6.42 Å². The Bertz CT molecular complexity index is 518. The monoisotopic (exact) mass is 300 g/mol. The quantitative estimate of drug-likeness (QED) is 0.728. The van der Waals surface area contributed by atoms with E-state index in [0.29, 0.717) is 12.1 Å². The molecule has 0 saturated carbocycles. The highest BCUT2D eigenvalue weighted by atomic mass is 35.5. The molecular formula is C13H14Cl2N2S. The van der Waals surface area contributed by atoms with Crippen LogP contribution in [0.25, 0.3) is 0 Å². The Balaban J connectivity index is 0.000001000. The molecule has 0 spiro atoms. The zero-order chi connectivity index (χ0) is 11.4. The van der Waals surface area contributed by atoms with E-state index in [9.17, 15) is 0 Å². The summed E-state index contributed by atoms with van der Waals surface area (Å²) in [6.07, 6.45) is 2.28. The molecule has 1 saturated heterocycles. The highest BCUT2D eigenvalue weighted by Crippen LogP contribution is 2.44. The molecule has 0 radical (unpaired) electrons. The van der Waals surface area contributed by atoms with Gasteiger partial charge in [-0.2, -0.15) is 0 Å². The minimum absolute atomic E-state index is 0. The Labute approximate surface area is 122 Å². The number of aryl methyl sites for hydroxylation is 1. The van der Waals surface area contributed by atoms with Crippen molar-refractivity contribution in [2.75, 3.05) is 12.3 Å². The molecule has 1 fully saturated rings. The van der Waals surface area contributed by atoms with Crippen LogP contribution in [0.15, 0.2) is 23.2 Å². The second-order valence-corrected chi connectivity index (χ2v) is 6.35. The molecule has 2 heterocycles. The van der Waals surface area contributed by atoms with Crippen molar-refractivity contribution in [1.29, 1.82) is 0 Å². The molecule has 2 unspecified atom stereocenters. The summed E-state index contributed by atoms with van der Waals surface area (Å²) in [5.41, 5.74) is 2.87. The third-order valence-electron chi connectivity index (χ3n) is 3.92. The molecule has 0 bridgehead atoms. The van der Waals surface area contributed by atoms with Crippen LogP contribution < -0.4 is 0 Å². The molecule has 2 nitrogen and oxygen atoms in total. The van der Waals surface area contributed by atoms with E-state index in [0.717, 1.165) is 18.0 Å². The SMILES string of the molecule is Cl.Clc1ccc2c(c1)CCC1N=C3SCCN3C21. The van der Waals surface area contributed by atoms with Gasteiger partial charge in [-0.1, -0.05) is 29.4 Å². The van der Waals surface area contributed by atoms with Crippen molar-refractivity contribution in [2.24, 2.45) is 4.99 Å². The summed E-state index contributed by atoms with van der Waals surface area (Å²) in [6.45, 7) is 1.15. The first-order valence-electron chi connectivity index (χ1n) is 6.08. The number of nitrogens with zero attached hydrogens (tertiary/aromatic N) is 2. The van der Waals surface area contributed by atoms with Crippen LogP contribution in [0.4, 0.5) is 0 Å². The standard InChI is InChI=1S/C13H13ClN2S.ClH/c14-9-2-3-10-8(7-9)1-4-11-12(10)16-5-6-17-13(16)15-11;/h2-3,7,11-12H,1,4-6H2;1H. The fraction of sp³-hybridized carbons (Fsp3) is 0.462. The summed E-state index contributed by atoms with van der Waals surface area (Å²) >= 11 is 7.99. The van der Waals surface area contributed by atoms with Crippen molar-refractivity contribution in [2.45, 2.75) is 24.9 Å². The summed E-state index contributed by atoms with van der Waals surface area (Å²) in [6, 6.07) is 7.32. The second-order valence-electron chi connectivity index (χ2n) is 4.85. The molecule has 18 heavy (non-hydrogen) atoms. The molecule has 2 aliphatic heterocycles. The lowest BCUT2D eigenvalue weighted by Crippen LogP contribution is -2.33. The van der Waals surface area contributed by atoms with Crippen molar-refractivity contribution in [3.8, 4) is 0 Å². The van der Waals surface area contributed by atoms with Crippen molar-refractivity contribution >= 4 is 40.9 Å². The van der Waals surface area contributed by atoms with Gasteiger partial charge in [-0.3, -0.25) is 4.99 Å². The van der Waals surface area contributed by atoms with Gasteiger partial charge in [-0.25, -0.2) is 0 Å². The lowest BCUT2D eigenvalue weighted by Gasteiger charge is -2.32. The Morgan fingerprint density at radius 3 is 3.17 bits per heavy atom. The third kappa shape index (κ3) is 1.75.